The molecule has 1 aromatic rings. The van der Waals surface area contributed by atoms with Crippen molar-refractivity contribution in [1.29, 1.82) is 0 Å². The summed E-state index contributed by atoms with van der Waals surface area (Å²) in [6, 6.07) is 8.55. The van der Waals surface area contributed by atoms with Crippen LogP contribution in [0.15, 0.2) is 24.3 Å². The molecule has 0 saturated carbocycles. The molecule has 0 fully saturated rings. The molecule has 0 radical (unpaired) electrons. The highest BCUT2D eigenvalue weighted by molar-refractivity contribution is 5.48. The van der Waals surface area contributed by atoms with Crippen LogP contribution in [0.1, 0.15) is 66.9 Å². The first-order chi connectivity index (χ1) is 27.5. The van der Waals surface area contributed by atoms with Crippen LogP contribution in [0.2, 0.25) is 0 Å². The Labute approximate surface area is 347 Å². The molecule has 0 aliphatic heterocycles. The minimum atomic E-state index is -0.0548. The second kappa shape index (κ2) is 35.3. The predicted octanol–water partition coefficient (Wildman–Crippen LogP) is 5.82. The van der Waals surface area contributed by atoms with E-state index < -0.39 is 0 Å². The summed E-state index contributed by atoms with van der Waals surface area (Å²) in [5, 5.41) is 0. The Morgan fingerprint density at radius 3 is 1.37 bits per heavy atom. The predicted molar refractivity (Wildman–Crippen MR) is 228 cm³/mol. The number of rotatable bonds is 41. The molecule has 0 amide bonds. The third kappa shape index (κ3) is 32.0. The van der Waals surface area contributed by atoms with Crippen LogP contribution in [0.25, 0.3) is 0 Å². The zero-order chi connectivity index (χ0) is 42.0. The Morgan fingerprint density at radius 1 is 0.509 bits per heavy atom. The molecule has 1 rings (SSSR count). The van der Waals surface area contributed by atoms with E-state index in [0.717, 1.165) is 30.7 Å². The second-order valence-corrected chi connectivity index (χ2v) is 15.5. The minimum absolute atomic E-state index is 0.0201. The van der Waals surface area contributed by atoms with Gasteiger partial charge in [-0.1, -0.05) is 25.5 Å². The Kier molecular flexibility index (Phi) is 33.2. The SMILES string of the molecule is CCCC[N+](C)(C)CCOC(C)COC(C)COC(C)COC(C)COC(C)COCCOCCOCCOCCOCCOCCN(CC)c1cccc(C)c1. The van der Waals surface area contributed by atoms with E-state index in [1.54, 1.807) is 0 Å². The van der Waals surface area contributed by atoms with E-state index in [2.05, 4.69) is 71.0 Å². The molecule has 0 N–H and O–H groups in total. The lowest BCUT2D eigenvalue weighted by Gasteiger charge is -2.30. The van der Waals surface area contributed by atoms with Gasteiger partial charge in [-0.2, -0.15) is 0 Å². The number of benzene rings is 1. The number of likely N-dealkylation sites (N-methyl/N-ethyl adjacent to an activating group) is 2. The third-order valence-corrected chi connectivity index (χ3v) is 9.14. The van der Waals surface area contributed by atoms with Gasteiger partial charge in [-0.05, 0) is 72.6 Å². The zero-order valence-corrected chi connectivity index (χ0v) is 37.8. The highest BCUT2D eigenvalue weighted by Crippen LogP contribution is 2.15. The topological polar surface area (TPSA) is 105 Å². The van der Waals surface area contributed by atoms with Crippen molar-refractivity contribution in [3.63, 3.8) is 0 Å². The second-order valence-electron chi connectivity index (χ2n) is 15.5. The van der Waals surface area contributed by atoms with E-state index in [-0.39, 0.29) is 30.5 Å². The van der Waals surface area contributed by atoms with Gasteiger partial charge in [-0.25, -0.2) is 0 Å². The van der Waals surface area contributed by atoms with Crippen LogP contribution in [-0.4, -0.2) is 188 Å². The molecular formula is C44H85N2O11+. The number of ether oxygens (including phenoxy) is 11. The molecule has 13 nitrogen and oxygen atoms in total. The van der Waals surface area contributed by atoms with Gasteiger partial charge in [0.1, 0.15) is 6.54 Å². The van der Waals surface area contributed by atoms with Crippen molar-refractivity contribution in [1.82, 2.24) is 0 Å². The van der Waals surface area contributed by atoms with Crippen molar-refractivity contribution in [2.45, 2.75) is 98.8 Å². The smallest absolute Gasteiger partial charge is 0.102 e. The van der Waals surface area contributed by atoms with E-state index in [1.165, 1.54) is 30.6 Å². The van der Waals surface area contributed by atoms with Gasteiger partial charge in [0.2, 0.25) is 0 Å². The summed E-state index contributed by atoms with van der Waals surface area (Å²) in [5.41, 5.74) is 2.50. The number of unbranched alkanes of at least 4 members (excludes halogenated alkanes) is 1. The largest absolute Gasteiger partial charge is 0.377 e. The maximum absolute atomic E-state index is 5.98. The van der Waals surface area contributed by atoms with Gasteiger partial charge in [0.25, 0.3) is 0 Å². The van der Waals surface area contributed by atoms with Crippen LogP contribution in [-0.2, 0) is 52.1 Å². The van der Waals surface area contributed by atoms with Gasteiger partial charge in [-0.3, -0.25) is 0 Å². The van der Waals surface area contributed by atoms with Gasteiger partial charge in [-0.15, -0.1) is 0 Å². The van der Waals surface area contributed by atoms with Gasteiger partial charge >= 0.3 is 0 Å². The number of nitrogens with zero attached hydrogens (tertiary/aromatic N) is 2. The molecular weight excluding hydrogens is 732 g/mol. The Balaban J connectivity index is 1.87. The average molecular weight is 818 g/mol. The monoisotopic (exact) mass is 818 g/mol. The first-order valence-electron chi connectivity index (χ1n) is 21.6. The molecule has 57 heavy (non-hydrogen) atoms. The van der Waals surface area contributed by atoms with E-state index in [0.29, 0.717) is 106 Å². The Morgan fingerprint density at radius 2 is 0.930 bits per heavy atom. The molecule has 0 spiro atoms. The van der Waals surface area contributed by atoms with Gasteiger partial charge < -0.3 is 61.5 Å². The first-order valence-corrected chi connectivity index (χ1v) is 21.6. The van der Waals surface area contributed by atoms with Crippen molar-refractivity contribution >= 4 is 5.69 Å². The fourth-order valence-electron chi connectivity index (χ4n) is 5.46. The first kappa shape index (κ1) is 53.6. The van der Waals surface area contributed by atoms with Crippen LogP contribution < -0.4 is 4.90 Å². The van der Waals surface area contributed by atoms with Crippen LogP contribution in [0.5, 0.6) is 0 Å². The molecule has 0 aliphatic carbocycles. The minimum Gasteiger partial charge on any atom is -0.377 e. The van der Waals surface area contributed by atoms with Crippen LogP contribution >= 0.6 is 0 Å². The summed E-state index contributed by atoms with van der Waals surface area (Å²) in [4.78, 5) is 2.32. The maximum atomic E-state index is 5.98. The summed E-state index contributed by atoms with van der Waals surface area (Å²) < 4.78 is 64.5. The fourth-order valence-corrected chi connectivity index (χ4v) is 5.46. The number of hydrogen-bond donors (Lipinski definition) is 0. The Bertz CT molecular complexity index is 1040. The summed E-state index contributed by atoms with van der Waals surface area (Å²) in [5.74, 6) is 0. The lowest BCUT2D eigenvalue weighted by Crippen LogP contribution is -2.43. The zero-order valence-electron chi connectivity index (χ0n) is 37.8. The summed E-state index contributed by atoms with van der Waals surface area (Å²) >= 11 is 0. The standard InChI is InChI=1S/C44H85N2O11/c1-11-13-18-46(9,10)19-21-53-40(5)34-55-42(7)36-57-43(8)37-56-41(6)35-54-39(4)33-52-31-30-51-29-28-50-27-26-49-25-24-48-23-22-47-20-17-45(12-2)44-16-14-15-38(3)32-44/h14-16,32,39-43H,11-13,17-31,33-37H2,1-10H3/q+1. The summed E-state index contributed by atoms with van der Waals surface area (Å²) in [6.07, 6.45) is 2.35. The third-order valence-electron chi connectivity index (χ3n) is 9.14. The number of anilines is 1. The summed E-state index contributed by atoms with van der Waals surface area (Å²) in [7, 11) is 4.53. The van der Waals surface area contributed by atoms with Crippen molar-refractivity contribution in [3.05, 3.63) is 29.8 Å². The lowest BCUT2D eigenvalue weighted by atomic mass is 10.2. The highest BCUT2D eigenvalue weighted by atomic mass is 16.6. The van der Waals surface area contributed by atoms with Gasteiger partial charge in [0.05, 0.1) is 163 Å². The molecule has 13 heteroatoms. The highest BCUT2D eigenvalue weighted by Gasteiger charge is 2.16. The van der Waals surface area contributed by atoms with Gasteiger partial charge in [0, 0.05) is 18.8 Å². The van der Waals surface area contributed by atoms with E-state index in [4.69, 9.17) is 52.1 Å². The number of hydrogen-bond acceptors (Lipinski definition) is 12. The number of aryl methyl sites for hydroxylation is 1. The van der Waals surface area contributed by atoms with Crippen molar-refractivity contribution < 1.29 is 56.6 Å². The normalized spacial score (nSPS) is 14.8. The average Bonchev–Trinajstić information content (AvgIpc) is 3.19. The molecule has 0 bridgehead atoms. The molecule has 5 atom stereocenters. The molecule has 0 aliphatic rings. The Hall–Kier alpha value is -1.46. The quantitative estimate of drug-likeness (QED) is 0.0588. The van der Waals surface area contributed by atoms with Crippen molar-refractivity contribution in [3.8, 4) is 0 Å². The number of quaternary nitrogens is 1. The van der Waals surface area contributed by atoms with Crippen LogP contribution in [0, 0.1) is 6.92 Å². The van der Waals surface area contributed by atoms with Gasteiger partial charge in [0.15, 0.2) is 0 Å². The molecule has 0 saturated heterocycles. The molecule has 336 valence electrons. The lowest BCUT2D eigenvalue weighted by molar-refractivity contribution is -0.891. The van der Waals surface area contributed by atoms with E-state index in [9.17, 15) is 0 Å². The van der Waals surface area contributed by atoms with E-state index in [1.807, 2.05) is 27.7 Å². The van der Waals surface area contributed by atoms with Crippen LogP contribution in [0.3, 0.4) is 0 Å². The molecule has 1 aromatic carbocycles. The molecule has 5 unspecified atom stereocenters. The van der Waals surface area contributed by atoms with Crippen molar-refractivity contribution in [2.75, 3.05) is 157 Å². The van der Waals surface area contributed by atoms with E-state index >= 15 is 0 Å². The van der Waals surface area contributed by atoms with Crippen LogP contribution in [0.4, 0.5) is 5.69 Å². The fraction of sp³-hybridized carbons (Fsp3) is 0.864. The van der Waals surface area contributed by atoms with Crippen molar-refractivity contribution in [2.24, 2.45) is 0 Å². The molecule has 0 heterocycles. The molecule has 0 aromatic heterocycles. The summed E-state index contributed by atoms with van der Waals surface area (Å²) in [6.45, 7) is 29.8. The maximum Gasteiger partial charge on any atom is 0.102 e.